The normalized spacial score (nSPS) is 19.0. The Labute approximate surface area is 146 Å². The fourth-order valence-electron chi connectivity index (χ4n) is 3.05. The second-order valence-corrected chi connectivity index (χ2v) is 7.03. The predicted molar refractivity (Wildman–Crippen MR) is 94.7 cm³/mol. The van der Waals surface area contributed by atoms with Gasteiger partial charge in [0.1, 0.15) is 0 Å². The molecule has 2 heterocycles. The number of anilines is 1. The monoisotopic (exact) mass is 346 g/mol. The second-order valence-electron chi connectivity index (χ2n) is 5.93. The van der Waals surface area contributed by atoms with Gasteiger partial charge in [0.15, 0.2) is 5.50 Å². The molecule has 5 nitrogen and oxygen atoms in total. The van der Waals surface area contributed by atoms with Crippen LogP contribution in [0.4, 0.5) is 5.69 Å². The molecule has 0 radical (unpaired) electrons. The van der Waals surface area contributed by atoms with Crippen molar-refractivity contribution in [3.63, 3.8) is 0 Å². The summed E-state index contributed by atoms with van der Waals surface area (Å²) in [5, 5.41) is 0. The van der Waals surface area contributed by atoms with Gasteiger partial charge < -0.3 is 14.5 Å². The van der Waals surface area contributed by atoms with Gasteiger partial charge in [0, 0.05) is 23.7 Å². The lowest BCUT2D eigenvalue weighted by atomic mass is 10.1. The SMILES string of the molecule is CCCC1=CC(=O)N(C)C2Sc3cc(CC(=O)OCC)ccc3N12. The first-order valence-electron chi connectivity index (χ1n) is 8.27. The number of carbonyl (C=O) groups is 2. The van der Waals surface area contributed by atoms with Crippen LogP contribution in [0.3, 0.4) is 0 Å². The average molecular weight is 346 g/mol. The molecule has 0 fully saturated rings. The highest BCUT2D eigenvalue weighted by Crippen LogP contribution is 2.48. The van der Waals surface area contributed by atoms with Crippen LogP contribution in [0, 0.1) is 0 Å². The Kier molecular flexibility index (Phi) is 4.85. The summed E-state index contributed by atoms with van der Waals surface area (Å²) in [5.74, 6) is -0.163. The Hall–Kier alpha value is -1.95. The van der Waals surface area contributed by atoms with Crippen molar-refractivity contribution in [3.05, 3.63) is 35.5 Å². The molecular weight excluding hydrogens is 324 g/mol. The third kappa shape index (κ3) is 3.02. The highest BCUT2D eigenvalue weighted by molar-refractivity contribution is 8.00. The van der Waals surface area contributed by atoms with Crippen LogP contribution in [0.2, 0.25) is 0 Å². The van der Waals surface area contributed by atoms with E-state index in [2.05, 4.69) is 11.8 Å². The van der Waals surface area contributed by atoms with Gasteiger partial charge in [-0.3, -0.25) is 9.59 Å². The minimum absolute atomic E-state index is 0.0445. The van der Waals surface area contributed by atoms with Crippen molar-refractivity contribution in [2.45, 2.75) is 43.5 Å². The van der Waals surface area contributed by atoms with E-state index in [1.807, 2.05) is 32.2 Å². The first kappa shape index (κ1) is 16.9. The van der Waals surface area contributed by atoms with E-state index in [1.54, 1.807) is 22.7 Å². The number of ether oxygens (including phenoxy) is 1. The number of likely N-dealkylation sites (N-methyl/N-ethyl adjacent to an activating group) is 1. The summed E-state index contributed by atoms with van der Waals surface area (Å²) >= 11 is 1.65. The highest BCUT2D eigenvalue weighted by Gasteiger charge is 2.39. The number of nitrogens with zero attached hydrogens (tertiary/aromatic N) is 2. The van der Waals surface area contributed by atoms with Crippen molar-refractivity contribution < 1.29 is 14.3 Å². The number of allylic oxidation sites excluding steroid dienone is 1. The van der Waals surface area contributed by atoms with E-state index in [-0.39, 0.29) is 23.8 Å². The number of thioether (sulfide) groups is 1. The highest BCUT2D eigenvalue weighted by atomic mass is 32.2. The van der Waals surface area contributed by atoms with Crippen molar-refractivity contribution in [3.8, 4) is 0 Å². The van der Waals surface area contributed by atoms with Crippen LogP contribution in [0.1, 0.15) is 32.3 Å². The van der Waals surface area contributed by atoms with Crippen molar-refractivity contribution in [2.75, 3.05) is 18.6 Å². The molecule has 1 atom stereocenters. The Morgan fingerprint density at radius 3 is 2.83 bits per heavy atom. The zero-order valence-electron chi connectivity index (χ0n) is 14.2. The molecule has 1 amide bonds. The fraction of sp³-hybridized carbons (Fsp3) is 0.444. The molecule has 0 aliphatic carbocycles. The van der Waals surface area contributed by atoms with E-state index in [1.165, 1.54) is 0 Å². The maximum Gasteiger partial charge on any atom is 0.310 e. The van der Waals surface area contributed by atoms with E-state index < -0.39 is 0 Å². The lowest BCUT2D eigenvalue weighted by Crippen LogP contribution is -2.48. The molecule has 0 aromatic heterocycles. The Bertz CT molecular complexity index is 702. The van der Waals surface area contributed by atoms with Crippen molar-refractivity contribution in [1.29, 1.82) is 0 Å². The zero-order chi connectivity index (χ0) is 17.3. The quantitative estimate of drug-likeness (QED) is 0.767. The summed E-state index contributed by atoms with van der Waals surface area (Å²) in [6.45, 7) is 4.32. The first-order valence-corrected chi connectivity index (χ1v) is 9.15. The van der Waals surface area contributed by atoms with Gasteiger partial charge in [-0.2, -0.15) is 0 Å². The summed E-state index contributed by atoms with van der Waals surface area (Å²) in [6.07, 6.45) is 3.88. The molecule has 0 spiro atoms. The standard InChI is InChI=1S/C18H22N2O3S/c1-4-6-13-11-16(21)19(3)18-20(13)14-8-7-12(9-15(14)24-18)10-17(22)23-5-2/h7-9,11,18H,4-6,10H2,1-3H3. The molecule has 128 valence electrons. The molecule has 24 heavy (non-hydrogen) atoms. The molecule has 6 heteroatoms. The molecule has 1 aromatic rings. The van der Waals surface area contributed by atoms with E-state index in [0.29, 0.717) is 6.61 Å². The first-order chi connectivity index (χ1) is 11.5. The fourth-order valence-corrected chi connectivity index (χ4v) is 4.40. The summed E-state index contributed by atoms with van der Waals surface area (Å²) in [7, 11) is 1.83. The third-order valence-corrected chi connectivity index (χ3v) is 5.49. The summed E-state index contributed by atoms with van der Waals surface area (Å²) in [4.78, 5) is 29.0. The number of amides is 1. The molecular formula is C18H22N2O3S. The number of benzene rings is 1. The van der Waals surface area contributed by atoms with Crippen LogP contribution >= 0.6 is 11.8 Å². The summed E-state index contributed by atoms with van der Waals surface area (Å²) in [5.41, 5.74) is 3.07. The van der Waals surface area contributed by atoms with Crippen LogP contribution in [0.5, 0.6) is 0 Å². The van der Waals surface area contributed by atoms with Crippen LogP contribution in [0.15, 0.2) is 34.9 Å². The van der Waals surface area contributed by atoms with Crippen molar-refractivity contribution in [1.82, 2.24) is 4.90 Å². The van der Waals surface area contributed by atoms with Crippen molar-refractivity contribution >= 4 is 29.3 Å². The maximum atomic E-state index is 12.2. The third-order valence-electron chi connectivity index (χ3n) is 4.18. The molecule has 1 aromatic carbocycles. The van der Waals surface area contributed by atoms with E-state index >= 15 is 0 Å². The predicted octanol–water partition coefficient (Wildman–Crippen LogP) is 3.14. The van der Waals surface area contributed by atoms with Crippen LogP contribution in [-0.4, -0.2) is 35.9 Å². The number of fused-ring (bicyclic) bond motifs is 3. The molecule has 0 N–H and O–H groups in total. The van der Waals surface area contributed by atoms with Crippen molar-refractivity contribution in [2.24, 2.45) is 0 Å². The van der Waals surface area contributed by atoms with E-state index in [0.717, 1.165) is 34.7 Å². The smallest absolute Gasteiger partial charge is 0.310 e. The zero-order valence-corrected chi connectivity index (χ0v) is 15.1. The van der Waals surface area contributed by atoms with Gasteiger partial charge in [-0.25, -0.2) is 0 Å². The maximum absolute atomic E-state index is 12.2. The number of hydrogen-bond donors (Lipinski definition) is 0. The Morgan fingerprint density at radius 2 is 2.12 bits per heavy atom. The van der Waals surface area contributed by atoms with Gasteiger partial charge in [0.25, 0.3) is 0 Å². The van der Waals surface area contributed by atoms with Gasteiger partial charge in [-0.15, -0.1) is 0 Å². The lowest BCUT2D eigenvalue weighted by Gasteiger charge is -2.38. The molecule has 2 aliphatic heterocycles. The van der Waals surface area contributed by atoms with Gasteiger partial charge in [0.2, 0.25) is 5.91 Å². The lowest BCUT2D eigenvalue weighted by molar-refractivity contribution is -0.142. The molecule has 2 aliphatic rings. The number of hydrogen-bond acceptors (Lipinski definition) is 5. The van der Waals surface area contributed by atoms with Gasteiger partial charge in [-0.05, 0) is 31.0 Å². The number of esters is 1. The Balaban J connectivity index is 1.89. The van der Waals surface area contributed by atoms with Gasteiger partial charge in [-0.1, -0.05) is 31.2 Å². The van der Waals surface area contributed by atoms with E-state index in [9.17, 15) is 9.59 Å². The molecule has 1 unspecified atom stereocenters. The molecule has 3 rings (SSSR count). The minimum atomic E-state index is -0.211. The summed E-state index contributed by atoms with van der Waals surface area (Å²) in [6, 6.07) is 6.06. The number of carbonyl (C=O) groups excluding carboxylic acids is 2. The molecule has 0 saturated carbocycles. The van der Waals surface area contributed by atoms with Crippen LogP contribution < -0.4 is 4.90 Å². The van der Waals surface area contributed by atoms with E-state index in [4.69, 9.17) is 4.74 Å². The molecule has 0 saturated heterocycles. The van der Waals surface area contributed by atoms with Crippen LogP contribution in [-0.2, 0) is 20.7 Å². The second kappa shape index (κ2) is 6.89. The largest absolute Gasteiger partial charge is 0.466 e. The average Bonchev–Trinajstić information content (AvgIpc) is 2.92. The number of rotatable bonds is 5. The van der Waals surface area contributed by atoms with Gasteiger partial charge >= 0.3 is 5.97 Å². The van der Waals surface area contributed by atoms with Crippen LogP contribution in [0.25, 0.3) is 0 Å². The minimum Gasteiger partial charge on any atom is -0.466 e. The topological polar surface area (TPSA) is 49.9 Å². The molecule has 0 bridgehead atoms. The summed E-state index contributed by atoms with van der Waals surface area (Å²) < 4.78 is 5.02. The Morgan fingerprint density at radius 1 is 1.33 bits per heavy atom. The van der Waals surface area contributed by atoms with Gasteiger partial charge in [0.05, 0.1) is 18.7 Å².